The Morgan fingerprint density at radius 3 is 2.95 bits per heavy atom. The van der Waals surface area contributed by atoms with Crippen LogP contribution in [0, 0.1) is 0 Å². The summed E-state index contributed by atoms with van der Waals surface area (Å²) in [6.07, 6.45) is 3.59. The molecule has 0 radical (unpaired) electrons. The number of thiocarbonyl (C=S) groups is 1. The molecule has 0 aliphatic rings. The van der Waals surface area contributed by atoms with Gasteiger partial charge in [0.25, 0.3) is 0 Å². The number of thiazole rings is 1. The number of rotatable bonds is 5. The molecule has 0 unspecified atom stereocenters. The van der Waals surface area contributed by atoms with Crippen LogP contribution in [0.3, 0.4) is 0 Å². The van der Waals surface area contributed by atoms with Crippen LogP contribution in [-0.4, -0.2) is 21.6 Å². The van der Waals surface area contributed by atoms with Crippen molar-refractivity contribution in [3.8, 4) is 0 Å². The second-order valence-corrected chi connectivity index (χ2v) is 5.22. The lowest BCUT2D eigenvalue weighted by Gasteiger charge is -2.07. The first kappa shape index (κ1) is 13.9. The molecule has 0 aliphatic carbocycles. The summed E-state index contributed by atoms with van der Waals surface area (Å²) in [4.78, 5) is 8.66. The van der Waals surface area contributed by atoms with Gasteiger partial charge >= 0.3 is 0 Å². The molecule has 0 saturated heterocycles. The van der Waals surface area contributed by atoms with E-state index in [4.69, 9.17) is 12.2 Å². The number of aryl methyl sites for hydroxylation is 1. The van der Waals surface area contributed by atoms with E-state index >= 15 is 0 Å². The lowest BCUT2D eigenvalue weighted by molar-refractivity contribution is 0.847. The molecule has 0 aromatic carbocycles. The molecule has 0 aliphatic heterocycles. The van der Waals surface area contributed by atoms with Gasteiger partial charge in [-0.1, -0.05) is 13.0 Å². The Hall–Kier alpha value is -1.53. The van der Waals surface area contributed by atoms with Crippen molar-refractivity contribution in [1.82, 2.24) is 15.3 Å². The van der Waals surface area contributed by atoms with Crippen LogP contribution >= 0.6 is 23.6 Å². The fraction of sp³-hybridized carbons (Fsp3) is 0.308. The number of hydrogen-bond acceptors (Lipinski definition) is 4. The van der Waals surface area contributed by atoms with E-state index in [1.807, 2.05) is 23.6 Å². The average molecular weight is 292 g/mol. The first-order valence-electron chi connectivity index (χ1n) is 6.17. The maximum absolute atomic E-state index is 5.22. The summed E-state index contributed by atoms with van der Waals surface area (Å²) in [6, 6.07) is 5.91. The Morgan fingerprint density at radius 2 is 2.26 bits per heavy atom. The molecule has 6 heteroatoms. The Balaban J connectivity index is 1.73. The third-order valence-corrected chi connectivity index (χ3v) is 3.58. The highest BCUT2D eigenvalue weighted by Crippen LogP contribution is 2.15. The average Bonchev–Trinajstić information content (AvgIpc) is 2.87. The van der Waals surface area contributed by atoms with Gasteiger partial charge in [-0.3, -0.25) is 4.98 Å². The van der Waals surface area contributed by atoms with Gasteiger partial charge in [-0.2, -0.15) is 0 Å². The molecular weight excluding hydrogens is 276 g/mol. The fourth-order valence-corrected chi connectivity index (χ4v) is 2.58. The molecule has 19 heavy (non-hydrogen) atoms. The van der Waals surface area contributed by atoms with Crippen LogP contribution in [0.4, 0.5) is 5.13 Å². The molecule has 0 fully saturated rings. The summed E-state index contributed by atoms with van der Waals surface area (Å²) in [7, 11) is 0. The Kier molecular flexibility index (Phi) is 5.23. The van der Waals surface area contributed by atoms with E-state index in [1.54, 1.807) is 17.5 Å². The predicted octanol–water partition coefficient (Wildman–Crippen LogP) is 2.63. The van der Waals surface area contributed by atoms with Gasteiger partial charge in [0.05, 0.1) is 5.69 Å². The van der Waals surface area contributed by atoms with Crippen molar-refractivity contribution in [2.24, 2.45) is 0 Å². The first-order chi connectivity index (χ1) is 9.28. The highest BCUT2D eigenvalue weighted by Gasteiger charge is 2.02. The largest absolute Gasteiger partial charge is 0.362 e. The molecule has 2 heterocycles. The van der Waals surface area contributed by atoms with Crippen LogP contribution in [0.15, 0.2) is 29.8 Å². The van der Waals surface area contributed by atoms with Crippen LogP contribution in [0.2, 0.25) is 0 Å². The Labute approximate surface area is 122 Å². The summed E-state index contributed by atoms with van der Waals surface area (Å²) >= 11 is 6.79. The molecule has 2 aromatic rings. The highest BCUT2D eigenvalue weighted by molar-refractivity contribution is 7.80. The van der Waals surface area contributed by atoms with E-state index in [-0.39, 0.29) is 0 Å². The molecule has 0 saturated carbocycles. The number of nitrogens with zero attached hydrogens (tertiary/aromatic N) is 2. The van der Waals surface area contributed by atoms with Crippen molar-refractivity contribution in [3.63, 3.8) is 0 Å². The zero-order valence-electron chi connectivity index (χ0n) is 10.7. The highest BCUT2D eigenvalue weighted by atomic mass is 32.1. The minimum Gasteiger partial charge on any atom is -0.362 e. The molecule has 2 N–H and O–H groups in total. The standard InChI is InChI=1S/C13H16N4S2/c1-2-10-9-19-13(16-10)17-12(18)15-8-6-11-5-3-4-7-14-11/h3-5,7,9H,2,6,8H2,1H3,(H2,15,16,17,18). The SMILES string of the molecule is CCc1csc(NC(=S)NCCc2ccccn2)n1. The van der Waals surface area contributed by atoms with Crippen LogP contribution < -0.4 is 10.6 Å². The van der Waals surface area contributed by atoms with Gasteiger partial charge in [-0.25, -0.2) is 4.98 Å². The van der Waals surface area contributed by atoms with Crippen molar-refractivity contribution in [3.05, 3.63) is 41.2 Å². The second kappa shape index (κ2) is 7.16. The predicted molar refractivity (Wildman–Crippen MR) is 83.7 cm³/mol. The van der Waals surface area contributed by atoms with E-state index in [0.29, 0.717) is 5.11 Å². The molecular formula is C13H16N4S2. The van der Waals surface area contributed by atoms with Crippen LogP contribution in [0.25, 0.3) is 0 Å². The number of hydrogen-bond donors (Lipinski definition) is 2. The number of pyridine rings is 1. The van der Waals surface area contributed by atoms with E-state index in [2.05, 4.69) is 27.5 Å². The Morgan fingerprint density at radius 1 is 1.37 bits per heavy atom. The van der Waals surface area contributed by atoms with Gasteiger partial charge in [0.2, 0.25) is 0 Å². The summed E-state index contributed by atoms with van der Waals surface area (Å²) in [5.74, 6) is 0. The van der Waals surface area contributed by atoms with Gasteiger partial charge in [-0.15, -0.1) is 11.3 Å². The molecule has 0 amide bonds. The first-order valence-corrected chi connectivity index (χ1v) is 7.46. The van der Waals surface area contributed by atoms with Crippen LogP contribution in [0.1, 0.15) is 18.3 Å². The van der Waals surface area contributed by atoms with E-state index < -0.39 is 0 Å². The van der Waals surface area contributed by atoms with Crippen molar-refractivity contribution in [2.45, 2.75) is 19.8 Å². The van der Waals surface area contributed by atoms with Crippen molar-refractivity contribution >= 4 is 33.8 Å². The Bertz CT molecular complexity index is 524. The quantitative estimate of drug-likeness (QED) is 0.830. The van der Waals surface area contributed by atoms with Gasteiger partial charge in [0, 0.05) is 30.2 Å². The molecule has 2 aromatic heterocycles. The van der Waals surface area contributed by atoms with Crippen molar-refractivity contribution in [2.75, 3.05) is 11.9 Å². The topological polar surface area (TPSA) is 49.8 Å². The third kappa shape index (κ3) is 4.57. The summed E-state index contributed by atoms with van der Waals surface area (Å²) in [6.45, 7) is 2.84. The number of nitrogens with one attached hydrogen (secondary N) is 2. The number of anilines is 1. The zero-order chi connectivity index (χ0) is 13.5. The molecule has 0 spiro atoms. The van der Waals surface area contributed by atoms with Gasteiger partial charge in [0.15, 0.2) is 10.2 Å². The number of aromatic nitrogens is 2. The van der Waals surface area contributed by atoms with Crippen molar-refractivity contribution in [1.29, 1.82) is 0 Å². The maximum atomic E-state index is 5.22. The monoisotopic (exact) mass is 292 g/mol. The molecule has 0 atom stereocenters. The van der Waals surface area contributed by atoms with Crippen LogP contribution in [-0.2, 0) is 12.8 Å². The molecule has 100 valence electrons. The van der Waals surface area contributed by atoms with E-state index in [9.17, 15) is 0 Å². The van der Waals surface area contributed by atoms with Crippen LogP contribution in [0.5, 0.6) is 0 Å². The fourth-order valence-electron chi connectivity index (χ4n) is 1.52. The minimum absolute atomic E-state index is 0.605. The summed E-state index contributed by atoms with van der Waals surface area (Å²) in [5, 5.41) is 9.73. The molecule has 0 bridgehead atoms. The minimum atomic E-state index is 0.605. The lowest BCUT2D eigenvalue weighted by Crippen LogP contribution is -2.30. The summed E-state index contributed by atoms with van der Waals surface area (Å²) in [5.41, 5.74) is 2.14. The van der Waals surface area contributed by atoms with E-state index in [1.165, 1.54) is 0 Å². The second-order valence-electron chi connectivity index (χ2n) is 3.95. The van der Waals surface area contributed by atoms with Gasteiger partial charge in [-0.05, 0) is 30.8 Å². The third-order valence-electron chi connectivity index (χ3n) is 2.53. The zero-order valence-corrected chi connectivity index (χ0v) is 12.4. The maximum Gasteiger partial charge on any atom is 0.189 e. The van der Waals surface area contributed by atoms with Crippen molar-refractivity contribution < 1.29 is 0 Å². The molecule has 4 nitrogen and oxygen atoms in total. The normalized spacial score (nSPS) is 10.2. The molecule has 2 rings (SSSR count). The smallest absolute Gasteiger partial charge is 0.189 e. The van der Waals surface area contributed by atoms with Gasteiger partial charge < -0.3 is 10.6 Å². The van der Waals surface area contributed by atoms with Gasteiger partial charge in [0.1, 0.15) is 0 Å². The summed E-state index contributed by atoms with van der Waals surface area (Å²) < 4.78 is 0. The lowest BCUT2D eigenvalue weighted by atomic mass is 10.3. The van der Waals surface area contributed by atoms with E-state index in [0.717, 1.165) is 35.9 Å².